The summed E-state index contributed by atoms with van der Waals surface area (Å²) in [5.41, 5.74) is 0.541. The number of likely N-dealkylation sites (tertiary alicyclic amines) is 1. The van der Waals surface area contributed by atoms with E-state index in [-0.39, 0.29) is 25.6 Å². The van der Waals surface area contributed by atoms with E-state index in [1.165, 1.54) is 12.1 Å². The van der Waals surface area contributed by atoms with Crippen LogP contribution in [0.5, 0.6) is 5.75 Å². The Morgan fingerprint density at radius 1 is 1.13 bits per heavy atom. The molecule has 0 atom stereocenters. The molecule has 0 radical (unpaired) electrons. The highest BCUT2D eigenvalue weighted by Crippen LogP contribution is 2.30. The fraction of sp³-hybridized carbons (Fsp3) is 0.455. The summed E-state index contributed by atoms with van der Waals surface area (Å²) in [4.78, 5) is 21.0. The number of nitrogens with zero attached hydrogens (tertiary/aromatic N) is 3. The molecule has 1 aromatic carbocycles. The number of benzene rings is 1. The van der Waals surface area contributed by atoms with E-state index < -0.39 is 11.7 Å². The van der Waals surface area contributed by atoms with Crippen LogP contribution in [0.25, 0.3) is 0 Å². The Hall–Kier alpha value is -2.81. The second-order valence-electron chi connectivity index (χ2n) is 8.10. The number of rotatable bonds is 4. The zero-order valence-corrected chi connectivity index (χ0v) is 17.3. The van der Waals surface area contributed by atoms with Gasteiger partial charge in [-0.05, 0) is 62.8 Å². The first-order valence-corrected chi connectivity index (χ1v) is 10.3. The topological polar surface area (TPSA) is 57.7 Å². The van der Waals surface area contributed by atoms with Crippen molar-refractivity contribution in [2.75, 3.05) is 32.1 Å². The zero-order valence-electron chi connectivity index (χ0n) is 17.3. The van der Waals surface area contributed by atoms with Crippen molar-refractivity contribution in [1.29, 1.82) is 0 Å². The highest BCUT2D eigenvalue weighted by atomic mass is 19.4. The molecule has 0 bridgehead atoms. The van der Waals surface area contributed by atoms with Crippen molar-refractivity contribution in [3.8, 4) is 5.75 Å². The van der Waals surface area contributed by atoms with E-state index in [2.05, 4.69) is 22.2 Å². The predicted molar refractivity (Wildman–Crippen MR) is 110 cm³/mol. The molecule has 0 unspecified atom stereocenters. The molecular weight excluding hydrogens is 409 g/mol. The predicted octanol–water partition coefficient (Wildman–Crippen LogP) is 3.53. The average Bonchev–Trinajstić information content (AvgIpc) is 2.88. The molecule has 6 nitrogen and oxygen atoms in total. The van der Waals surface area contributed by atoms with Crippen molar-refractivity contribution in [2.45, 2.75) is 38.1 Å². The van der Waals surface area contributed by atoms with Gasteiger partial charge in [0.05, 0.1) is 12.1 Å². The molecular formula is C22H25F3N4O2. The quantitative estimate of drug-likeness (QED) is 0.798. The van der Waals surface area contributed by atoms with Crippen LogP contribution in [0, 0.1) is 0 Å². The maximum absolute atomic E-state index is 12.8. The van der Waals surface area contributed by atoms with Gasteiger partial charge in [0, 0.05) is 12.6 Å². The van der Waals surface area contributed by atoms with Gasteiger partial charge in [-0.3, -0.25) is 4.79 Å². The lowest BCUT2D eigenvalue weighted by Gasteiger charge is -2.30. The van der Waals surface area contributed by atoms with Gasteiger partial charge in [-0.25, -0.2) is 4.98 Å². The largest absolute Gasteiger partial charge is 0.482 e. The minimum absolute atomic E-state index is 0.128. The number of carbonyl (C=O) groups is 1. The van der Waals surface area contributed by atoms with Crippen molar-refractivity contribution in [1.82, 2.24) is 14.8 Å². The standard InChI is InChI=1S/C22H25F3N4O2/c1-28-10-8-17(9-11-28)26-20-7-6-19-18(27-20)13-29(21(30)14-31-19)12-15-2-4-16(5-3-15)22(23,24)25/h2-7,17H,8-14H2,1H3,(H,26,27). The molecule has 0 aliphatic carbocycles. The summed E-state index contributed by atoms with van der Waals surface area (Å²) >= 11 is 0. The number of fused-ring (bicyclic) bond motifs is 1. The molecule has 1 saturated heterocycles. The van der Waals surface area contributed by atoms with Crippen LogP contribution in [0.1, 0.15) is 29.7 Å². The van der Waals surface area contributed by atoms with E-state index in [9.17, 15) is 18.0 Å². The van der Waals surface area contributed by atoms with Crippen LogP contribution >= 0.6 is 0 Å². The van der Waals surface area contributed by atoms with Crippen LogP contribution < -0.4 is 10.1 Å². The summed E-state index contributed by atoms with van der Waals surface area (Å²) < 4.78 is 44.0. The molecule has 9 heteroatoms. The lowest BCUT2D eigenvalue weighted by atomic mass is 10.1. The van der Waals surface area contributed by atoms with Gasteiger partial charge >= 0.3 is 6.18 Å². The number of nitrogens with one attached hydrogen (secondary N) is 1. The van der Waals surface area contributed by atoms with Crippen molar-refractivity contribution in [3.63, 3.8) is 0 Å². The fourth-order valence-electron chi connectivity index (χ4n) is 3.84. The summed E-state index contributed by atoms with van der Waals surface area (Å²) in [5, 5.41) is 3.46. The molecule has 31 heavy (non-hydrogen) atoms. The first kappa shape index (κ1) is 21.4. The number of anilines is 1. The van der Waals surface area contributed by atoms with E-state index >= 15 is 0 Å². The summed E-state index contributed by atoms with van der Waals surface area (Å²) in [7, 11) is 2.11. The van der Waals surface area contributed by atoms with Crippen molar-refractivity contribution < 1.29 is 22.7 Å². The number of amides is 1. The Kier molecular flexibility index (Phi) is 6.04. The fourth-order valence-corrected chi connectivity index (χ4v) is 3.84. The lowest BCUT2D eigenvalue weighted by molar-refractivity contribution is -0.137. The maximum Gasteiger partial charge on any atom is 0.416 e. The van der Waals surface area contributed by atoms with Gasteiger partial charge in [0.2, 0.25) is 0 Å². The molecule has 2 aromatic rings. The van der Waals surface area contributed by atoms with E-state index in [0.29, 0.717) is 23.0 Å². The first-order valence-electron chi connectivity index (χ1n) is 10.3. The Labute approximate surface area is 179 Å². The van der Waals surface area contributed by atoms with E-state index in [0.717, 1.165) is 43.9 Å². The third-order valence-electron chi connectivity index (χ3n) is 5.70. The van der Waals surface area contributed by atoms with E-state index in [1.54, 1.807) is 4.90 Å². The Bertz CT molecular complexity index is 925. The summed E-state index contributed by atoms with van der Waals surface area (Å²) in [6.07, 6.45) is -2.32. The highest BCUT2D eigenvalue weighted by molar-refractivity contribution is 5.78. The van der Waals surface area contributed by atoms with E-state index in [4.69, 9.17) is 4.74 Å². The smallest absolute Gasteiger partial charge is 0.416 e. The Morgan fingerprint density at radius 2 is 1.84 bits per heavy atom. The van der Waals surface area contributed by atoms with Crippen molar-refractivity contribution in [3.05, 3.63) is 53.2 Å². The van der Waals surface area contributed by atoms with Crippen molar-refractivity contribution in [2.24, 2.45) is 0 Å². The maximum atomic E-state index is 12.8. The molecule has 0 spiro atoms. The van der Waals surface area contributed by atoms with Crippen LogP contribution in [-0.2, 0) is 24.1 Å². The number of carbonyl (C=O) groups excluding carboxylic acids is 1. The van der Waals surface area contributed by atoms with Gasteiger partial charge in [0.25, 0.3) is 5.91 Å². The number of piperidine rings is 1. The van der Waals surface area contributed by atoms with Crippen LogP contribution in [0.4, 0.5) is 19.0 Å². The van der Waals surface area contributed by atoms with E-state index in [1.807, 2.05) is 12.1 Å². The molecule has 2 aliphatic heterocycles. The molecule has 3 heterocycles. The molecule has 2 aliphatic rings. The monoisotopic (exact) mass is 434 g/mol. The van der Waals surface area contributed by atoms with Crippen LogP contribution in [0.15, 0.2) is 36.4 Å². The minimum atomic E-state index is -4.38. The second-order valence-corrected chi connectivity index (χ2v) is 8.10. The molecule has 1 aromatic heterocycles. The van der Waals surface area contributed by atoms with Crippen LogP contribution in [0.3, 0.4) is 0 Å². The number of aromatic nitrogens is 1. The van der Waals surface area contributed by atoms with Crippen molar-refractivity contribution >= 4 is 11.7 Å². The summed E-state index contributed by atoms with van der Waals surface area (Å²) in [5.74, 6) is 1.06. The number of hydrogen-bond donors (Lipinski definition) is 1. The first-order chi connectivity index (χ1) is 14.8. The molecule has 0 saturated carbocycles. The van der Waals surface area contributed by atoms with Gasteiger partial charge in [-0.15, -0.1) is 0 Å². The SMILES string of the molecule is CN1CCC(Nc2ccc3c(n2)CN(Cc2ccc(C(F)(F)F)cc2)C(=O)CO3)CC1. The minimum Gasteiger partial charge on any atom is -0.482 e. The van der Waals surface area contributed by atoms with Crippen LogP contribution in [-0.4, -0.2) is 53.5 Å². The molecule has 1 N–H and O–H groups in total. The molecule has 166 valence electrons. The van der Waals surface area contributed by atoms with Gasteiger partial charge in [0.15, 0.2) is 6.61 Å². The van der Waals surface area contributed by atoms with Gasteiger partial charge < -0.3 is 19.9 Å². The highest BCUT2D eigenvalue weighted by Gasteiger charge is 2.30. The van der Waals surface area contributed by atoms with Gasteiger partial charge in [-0.1, -0.05) is 12.1 Å². The third-order valence-corrected chi connectivity index (χ3v) is 5.70. The zero-order chi connectivity index (χ0) is 22.0. The average molecular weight is 434 g/mol. The summed E-state index contributed by atoms with van der Waals surface area (Å²) in [6, 6.07) is 8.87. The Morgan fingerprint density at radius 3 is 2.52 bits per heavy atom. The number of hydrogen-bond acceptors (Lipinski definition) is 5. The van der Waals surface area contributed by atoms with Crippen LogP contribution in [0.2, 0.25) is 0 Å². The number of ether oxygens (including phenoxy) is 1. The summed E-state index contributed by atoms with van der Waals surface area (Å²) in [6.45, 7) is 2.35. The number of pyridine rings is 1. The normalized spacial score (nSPS) is 18.3. The molecule has 1 amide bonds. The number of alkyl halides is 3. The van der Waals surface area contributed by atoms with Gasteiger partial charge in [-0.2, -0.15) is 13.2 Å². The molecule has 1 fully saturated rings. The lowest BCUT2D eigenvalue weighted by Crippen LogP contribution is -2.37. The Balaban J connectivity index is 1.46. The van der Waals surface area contributed by atoms with Gasteiger partial charge in [0.1, 0.15) is 17.3 Å². The second kappa shape index (κ2) is 8.74. The number of halogens is 3. The third kappa shape index (κ3) is 5.28. The molecule has 4 rings (SSSR count).